The van der Waals surface area contributed by atoms with Gasteiger partial charge in [0.25, 0.3) is 0 Å². The minimum atomic E-state index is 0.556. The van der Waals surface area contributed by atoms with E-state index in [1.807, 2.05) is 24.3 Å². The Morgan fingerprint density at radius 3 is 3.00 bits per heavy atom. The van der Waals surface area contributed by atoms with Gasteiger partial charge in [0.15, 0.2) is 0 Å². The van der Waals surface area contributed by atoms with Crippen LogP contribution < -0.4 is 11.1 Å². The Balaban J connectivity index is 2.17. The lowest BCUT2D eigenvalue weighted by molar-refractivity contribution is 1.07. The van der Waals surface area contributed by atoms with E-state index >= 15 is 0 Å². The lowest BCUT2D eigenvalue weighted by Gasteiger charge is -2.04. The molecule has 4 N–H and O–H groups in total. The average Bonchev–Trinajstić information content (AvgIpc) is 2.71. The third kappa shape index (κ3) is 1.92. The van der Waals surface area contributed by atoms with Crippen LogP contribution in [0.5, 0.6) is 0 Å². The van der Waals surface area contributed by atoms with Gasteiger partial charge < -0.3 is 11.1 Å². The molecule has 2 aromatic rings. The average molecular weight is 188 g/mol. The Kier molecular flexibility index (Phi) is 2.46. The van der Waals surface area contributed by atoms with Crippen LogP contribution in [0.25, 0.3) is 0 Å². The molecule has 4 nitrogen and oxygen atoms in total. The second kappa shape index (κ2) is 3.93. The molecule has 0 saturated carbocycles. The molecule has 1 aromatic carbocycles. The van der Waals surface area contributed by atoms with Crippen molar-refractivity contribution in [1.29, 1.82) is 0 Å². The summed E-state index contributed by atoms with van der Waals surface area (Å²) in [5.74, 6) is 0. The van der Waals surface area contributed by atoms with Crippen molar-refractivity contribution in [3.8, 4) is 0 Å². The number of hydrogen-bond donors (Lipinski definition) is 3. The topological polar surface area (TPSA) is 66.7 Å². The summed E-state index contributed by atoms with van der Waals surface area (Å²) >= 11 is 0. The number of rotatable bonds is 3. The fourth-order valence-corrected chi connectivity index (χ4v) is 1.26. The Hall–Kier alpha value is -1.81. The van der Waals surface area contributed by atoms with Gasteiger partial charge in [0.05, 0.1) is 11.9 Å². The molecule has 0 aliphatic heterocycles. The Morgan fingerprint density at radius 1 is 1.36 bits per heavy atom. The normalized spacial score (nSPS) is 10.1. The summed E-state index contributed by atoms with van der Waals surface area (Å²) in [5, 5.41) is 9.80. The van der Waals surface area contributed by atoms with E-state index in [0.717, 1.165) is 16.9 Å². The standard InChI is InChI=1S/C10H12N4/c11-5-8-2-1-3-9(4-8)14-10-6-12-13-7-10/h1-4,6-7,14H,5,11H2,(H,12,13). The van der Waals surface area contributed by atoms with Crippen LogP contribution in [0.1, 0.15) is 5.56 Å². The van der Waals surface area contributed by atoms with Crippen molar-refractivity contribution in [1.82, 2.24) is 10.2 Å². The van der Waals surface area contributed by atoms with Crippen LogP contribution in [0.15, 0.2) is 36.7 Å². The Bertz CT molecular complexity index is 394. The number of H-pyrrole nitrogens is 1. The maximum absolute atomic E-state index is 5.55. The zero-order valence-corrected chi connectivity index (χ0v) is 7.70. The molecule has 0 aliphatic carbocycles. The zero-order valence-electron chi connectivity index (χ0n) is 7.70. The number of aromatic nitrogens is 2. The smallest absolute Gasteiger partial charge is 0.0767 e. The number of nitrogens with two attached hydrogens (primary N) is 1. The van der Waals surface area contributed by atoms with Crippen molar-refractivity contribution < 1.29 is 0 Å². The molecule has 0 bridgehead atoms. The van der Waals surface area contributed by atoms with Gasteiger partial charge in [-0.3, -0.25) is 5.10 Å². The molecule has 72 valence electrons. The summed E-state index contributed by atoms with van der Waals surface area (Å²) < 4.78 is 0. The summed E-state index contributed by atoms with van der Waals surface area (Å²) in [4.78, 5) is 0. The van der Waals surface area contributed by atoms with Gasteiger partial charge in [-0.25, -0.2) is 0 Å². The maximum atomic E-state index is 5.55. The third-order valence-electron chi connectivity index (χ3n) is 1.95. The summed E-state index contributed by atoms with van der Waals surface area (Å²) in [5.41, 5.74) is 8.62. The SMILES string of the molecule is NCc1cccc(Nc2cn[nH]c2)c1. The van der Waals surface area contributed by atoms with E-state index in [4.69, 9.17) is 5.73 Å². The number of hydrogen-bond acceptors (Lipinski definition) is 3. The lowest BCUT2D eigenvalue weighted by Crippen LogP contribution is -1.97. The first-order valence-electron chi connectivity index (χ1n) is 4.43. The van der Waals surface area contributed by atoms with Crippen molar-refractivity contribution >= 4 is 11.4 Å². The van der Waals surface area contributed by atoms with Crippen molar-refractivity contribution in [2.24, 2.45) is 5.73 Å². The molecule has 0 radical (unpaired) electrons. The molecule has 4 heteroatoms. The zero-order chi connectivity index (χ0) is 9.80. The van der Waals surface area contributed by atoms with E-state index in [-0.39, 0.29) is 0 Å². The third-order valence-corrected chi connectivity index (χ3v) is 1.95. The van der Waals surface area contributed by atoms with Crippen molar-refractivity contribution in [2.45, 2.75) is 6.54 Å². The first kappa shape index (κ1) is 8.77. The van der Waals surface area contributed by atoms with Crippen LogP contribution in [-0.4, -0.2) is 10.2 Å². The fourth-order valence-electron chi connectivity index (χ4n) is 1.26. The maximum Gasteiger partial charge on any atom is 0.0767 e. The molecule has 0 saturated heterocycles. The number of aromatic amines is 1. The Labute approximate surface area is 82.1 Å². The largest absolute Gasteiger partial charge is 0.353 e. The second-order valence-electron chi connectivity index (χ2n) is 3.02. The van der Waals surface area contributed by atoms with Crippen LogP contribution in [-0.2, 0) is 6.54 Å². The molecule has 0 fully saturated rings. The van der Waals surface area contributed by atoms with Crippen LogP contribution in [0.3, 0.4) is 0 Å². The molecular weight excluding hydrogens is 176 g/mol. The highest BCUT2D eigenvalue weighted by molar-refractivity contribution is 5.58. The summed E-state index contributed by atoms with van der Waals surface area (Å²) in [6.45, 7) is 0.556. The number of benzene rings is 1. The number of nitrogens with one attached hydrogen (secondary N) is 2. The van der Waals surface area contributed by atoms with Crippen LogP contribution in [0.2, 0.25) is 0 Å². The predicted octanol–water partition coefficient (Wildman–Crippen LogP) is 1.61. The van der Waals surface area contributed by atoms with E-state index in [1.165, 1.54) is 0 Å². The van der Waals surface area contributed by atoms with Gasteiger partial charge in [-0.1, -0.05) is 12.1 Å². The van der Waals surface area contributed by atoms with E-state index < -0.39 is 0 Å². The minimum absolute atomic E-state index is 0.556. The highest BCUT2D eigenvalue weighted by Gasteiger charge is 1.95. The van der Waals surface area contributed by atoms with Gasteiger partial charge in [0.2, 0.25) is 0 Å². The number of nitrogens with zero attached hydrogens (tertiary/aromatic N) is 1. The number of anilines is 2. The van der Waals surface area contributed by atoms with Crippen molar-refractivity contribution in [2.75, 3.05) is 5.32 Å². The molecular formula is C10H12N4. The van der Waals surface area contributed by atoms with Crippen LogP contribution >= 0.6 is 0 Å². The van der Waals surface area contributed by atoms with E-state index in [1.54, 1.807) is 12.4 Å². The predicted molar refractivity (Wildman–Crippen MR) is 56.2 cm³/mol. The molecule has 0 aliphatic rings. The molecule has 0 unspecified atom stereocenters. The summed E-state index contributed by atoms with van der Waals surface area (Å²) in [7, 11) is 0. The highest BCUT2D eigenvalue weighted by atomic mass is 15.1. The monoisotopic (exact) mass is 188 g/mol. The van der Waals surface area contributed by atoms with Gasteiger partial charge >= 0.3 is 0 Å². The summed E-state index contributed by atoms with van der Waals surface area (Å²) in [6.07, 6.45) is 3.53. The van der Waals surface area contributed by atoms with E-state index in [0.29, 0.717) is 6.54 Å². The lowest BCUT2D eigenvalue weighted by atomic mass is 10.2. The van der Waals surface area contributed by atoms with Gasteiger partial charge in [-0.2, -0.15) is 5.10 Å². The van der Waals surface area contributed by atoms with E-state index in [2.05, 4.69) is 15.5 Å². The molecule has 1 aromatic heterocycles. The van der Waals surface area contributed by atoms with E-state index in [9.17, 15) is 0 Å². The van der Waals surface area contributed by atoms with Gasteiger partial charge in [0.1, 0.15) is 0 Å². The minimum Gasteiger partial charge on any atom is -0.353 e. The molecule has 2 rings (SSSR count). The molecule has 0 spiro atoms. The molecule has 0 amide bonds. The Morgan fingerprint density at radius 2 is 2.29 bits per heavy atom. The van der Waals surface area contributed by atoms with Gasteiger partial charge in [0, 0.05) is 18.4 Å². The van der Waals surface area contributed by atoms with Gasteiger partial charge in [-0.15, -0.1) is 0 Å². The van der Waals surface area contributed by atoms with Crippen molar-refractivity contribution in [3.63, 3.8) is 0 Å². The van der Waals surface area contributed by atoms with Crippen LogP contribution in [0, 0.1) is 0 Å². The first-order valence-corrected chi connectivity index (χ1v) is 4.43. The summed E-state index contributed by atoms with van der Waals surface area (Å²) in [6, 6.07) is 7.99. The quantitative estimate of drug-likeness (QED) is 0.685. The highest BCUT2D eigenvalue weighted by Crippen LogP contribution is 2.15. The molecule has 1 heterocycles. The fraction of sp³-hybridized carbons (Fsp3) is 0.100. The second-order valence-corrected chi connectivity index (χ2v) is 3.02. The molecule has 0 atom stereocenters. The first-order chi connectivity index (χ1) is 6.88. The van der Waals surface area contributed by atoms with Crippen molar-refractivity contribution in [3.05, 3.63) is 42.2 Å². The van der Waals surface area contributed by atoms with Crippen LogP contribution in [0.4, 0.5) is 11.4 Å². The molecule has 14 heavy (non-hydrogen) atoms. The van der Waals surface area contributed by atoms with Gasteiger partial charge in [-0.05, 0) is 17.7 Å².